The van der Waals surface area contributed by atoms with Gasteiger partial charge in [-0.3, -0.25) is 19.6 Å². The van der Waals surface area contributed by atoms with E-state index in [1.165, 1.54) is 30.6 Å². The molecule has 3 heterocycles. The molecular weight excluding hydrogens is 623 g/mol. The molecule has 4 aromatic rings. The highest BCUT2D eigenvalue weighted by molar-refractivity contribution is 7.89. The van der Waals surface area contributed by atoms with Crippen molar-refractivity contribution in [3.05, 3.63) is 87.6 Å². The summed E-state index contributed by atoms with van der Waals surface area (Å²) >= 11 is 0. The Morgan fingerprint density at radius 2 is 1.60 bits per heavy atom. The van der Waals surface area contributed by atoms with Gasteiger partial charge in [-0.2, -0.15) is 9.40 Å². The summed E-state index contributed by atoms with van der Waals surface area (Å²) in [4.78, 5) is 34.3. The summed E-state index contributed by atoms with van der Waals surface area (Å²) in [5, 5.41) is 6.68. The van der Waals surface area contributed by atoms with Gasteiger partial charge in [-0.25, -0.2) is 35.5 Å². The lowest BCUT2D eigenvalue weighted by Crippen LogP contribution is -2.59. The summed E-state index contributed by atoms with van der Waals surface area (Å²) in [5.41, 5.74) is 0.866. The predicted octanol–water partition coefficient (Wildman–Crippen LogP) is 4.45. The number of aromatic nitrogens is 4. The average Bonchev–Trinajstić information content (AvgIpc) is 3.01. The second-order valence-electron chi connectivity index (χ2n) is 11.0. The molecule has 45 heavy (non-hydrogen) atoms. The first-order valence-corrected chi connectivity index (χ1v) is 15.6. The van der Waals surface area contributed by atoms with Crippen molar-refractivity contribution < 1.29 is 35.2 Å². The Labute approximate surface area is 253 Å². The van der Waals surface area contributed by atoms with Gasteiger partial charge in [0.15, 0.2) is 28.2 Å². The molecule has 2 aliphatic rings. The number of sulfonamides is 1. The van der Waals surface area contributed by atoms with Crippen LogP contribution in [0.25, 0.3) is 10.8 Å². The standard InChI is InChI=1S/C29H25F5N6O4S/c30-22-23(31)25(33)27(26(34)24(22)32)45(43,44)40-9-8-21(40)29(42)39(18-6-7-19-16(10-18)11-37-38-28(19)41)14-17-12-36-20(13-35-17)15-4-2-1-3-5-15/h6-7,10-13,15,21H,1-5,8-9,14H2,(H,38,41). The van der Waals surface area contributed by atoms with Gasteiger partial charge in [0.2, 0.25) is 21.7 Å². The zero-order valence-corrected chi connectivity index (χ0v) is 24.3. The number of H-pyrrole nitrogens is 1. The predicted molar refractivity (Wildman–Crippen MR) is 150 cm³/mol. The second-order valence-corrected chi connectivity index (χ2v) is 12.8. The molecule has 16 heteroatoms. The van der Waals surface area contributed by atoms with E-state index in [9.17, 15) is 40.0 Å². The van der Waals surface area contributed by atoms with Crippen LogP contribution in [0.5, 0.6) is 0 Å². The van der Waals surface area contributed by atoms with Gasteiger partial charge in [-0.15, -0.1) is 0 Å². The summed E-state index contributed by atoms with van der Waals surface area (Å²) in [6, 6.07) is 2.81. The molecule has 0 spiro atoms. The molecule has 0 bridgehead atoms. The third kappa shape index (κ3) is 5.45. The molecule has 2 fully saturated rings. The molecule has 1 amide bonds. The molecule has 10 nitrogen and oxygen atoms in total. The van der Waals surface area contributed by atoms with Crippen molar-refractivity contribution in [2.75, 3.05) is 11.4 Å². The van der Waals surface area contributed by atoms with Crippen molar-refractivity contribution in [3.8, 4) is 0 Å². The van der Waals surface area contributed by atoms with Gasteiger partial charge in [0.05, 0.1) is 35.7 Å². The number of carbonyl (C=O) groups is 1. The topological polar surface area (TPSA) is 129 Å². The third-order valence-electron chi connectivity index (χ3n) is 8.29. The maximum Gasteiger partial charge on any atom is 0.272 e. The molecule has 1 aliphatic carbocycles. The Morgan fingerprint density at radius 3 is 2.22 bits per heavy atom. The van der Waals surface area contributed by atoms with Crippen LogP contribution < -0.4 is 10.5 Å². The fraction of sp³-hybridized carbons (Fsp3) is 0.345. The van der Waals surface area contributed by atoms with Crippen molar-refractivity contribution in [2.24, 2.45) is 0 Å². The number of halogens is 5. The number of anilines is 1. The van der Waals surface area contributed by atoms with Crippen LogP contribution in [-0.2, 0) is 21.4 Å². The summed E-state index contributed by atoms with van der Waals surface area (Å²) in [7, 11) is -5.36. The van der Waals surface area contributed by atoms with Crippen LogP contribution in [0.1, 0.15) is 55.8 Å². The van der Waals surface area contributed by atoms with E-state index in [1.807, 2.05) is 0 Å². The molecule has 1 unspecified atom stereocenters. The lowest BCUT2D eigenvalue weighted by Gasteiger charge is -2.41. The number of nitrogens with one attached hydrogen (secondary N) is 1. The number of hydrogen-bond donors (Lipinski definition) is 1. The smallest absolute Gasteiger partial charge is 0.272 e. The number of fused-ring (bicyclic) bond motifs is 1. The number of nitrogens with zero attached hydrogens (tertiary/aromatic N) is 5. The summed E-state index contributed by atoms with van der Waals surface area (Å²) in [6.45, 7) is -0.634. The van der Waals surface area contributed by atoms with Crippen LogP contribution >= 0.6 is 0 Å². The van der Waals surface area contributed by atoms with Gasteiger partial charge in [0.25, 0.3) is 5.56 Å². The zero-order chi connectivity index (χ0) is 32.0. The van der Waals surface area contributed by atoms with E-state index in [0.29, 0.717) is 15.4 Å². The minimum absolute atomic E-state index is 0.106. The van der Waals surface area contributed by atoms with Crippen LogP contribution in [0, 0.1) is 29.1 Å². The Bertz CT molecular complexity index is 1940. The number of aromatic amines is 1. The molecule has 6 rings (SSSR count). The third-order valence-corrected chi connectivity index (χ3v) is 10.2. The molecular formula is C29H25F5N6O4S. The number of carbonyl (C=O) groups excluding carboxylic acids is 1. The van der Waals surface area contributed by atoms with E-state index >= 15 is 0 Å². The van der Waals surface area contributed by atoms with Crippen LogP contribution in [0.3, 0.4) is 0 Å². The monoisotopic (exact) mass is 648 g/mol. The SMILES string of the molecule is O=C(C1CCN1S(=O)(=O)c1c(F)c(F)c(F)c(F)c1F)N(Cc1cnc(C2CCCCC2)cn1)c1ccc2c(=O)[nH]ncc2c1. The quantitative estimate of drug-likeness (QED) is 0.178. The Morgan fingerprint density at radius 1 is 0.911 bits per heavy atom. The van der Waals surface area contributed by atoms with Crippen molar-refractivity contribution >= 4 is 32.4 Å². The first-order chi connectivity index (χ1) is 21.5. The van der Waals surface area contributed by atoms with Gasteiger partial charge in [0.1, 0.15) is 6.04 Å². The summed E-state index contributed by atoms with van der Waals surface area (Å²) < 4.78 is 97.4. The summed E-state index contributed by atoms with van der Waals surface area (Å²) in [5.74, 6) is -13.0. The lowest BCUT2D eigenvalue weighted by atomic mass is 9.87. The zero-order valence-electron chi connectivity index (χ0n) is 23.4. The molecule has 1 N–H and O–H groups in total. The van der Waals surface area contributed by atoms with Crippen LogP contribution in [0.2, 0.25) is 0 Å². The Hall–Kier alpha value is -4.31. The van der Waals surface area contributed by atoms with Crippen LogP contribution in [0.4, 0.5) is 27.6 Å². The molecule has 1 saturated carbocycles. The van der Waals surface area contributed by atoms with E-state index in [2.05, 4.69) is 20.2 Å². The Balaban J connectivity index is 1.35. The summed E-state index contributed by atoms with van der Waals surface area (Å²) in [6.07, 6.45) is 9.67. The van der Waals surface area contributed by atoms with Crippen molar-refractivity contribution in [1.82, 2.24) is 24.5 Å². The fourth-order valence-electron chi connectivity index (χ4n) is 5.77. The van der Waals surface area contributed by atoms with Gasteiger partial charge >= 0.3 is 0 Å². The first kappa shape index (κ1) is 30.7. The van der Waals surface area contributed by atoms with Crippen molar-refractivity contribution in [3.63, 3.8) is 0 Å². The number of hydrogen-bond acceptors (Lipinski definition) is 7. The van der Waals surface area contributed by atoms with E-state index in [0.717, 1.165) is 42.7 Å². The van der Waals surface area contributed by atoms with E-state index in [4.69, 9.17) is 0 Å². The van der Waals surface area contributed by atoms with Gasteiger partial charge in [-0.05, 0) is 37.5 Å². The molecule has 2 aromatic carbocycles. The normalized spacial score (nSPS) is 17.8. The lowest BCUT2D eigenvalue weighted by molar-refractivity contribution is -0.125. The minimum Gasteiger partial charge on any atom is -0.305 e. The molecule has 1 atom stereocenters. The van der Waals surface area contributed by atoms with Crippen molar-refractivity contribution in [2.45, 2.75) is 61.9 Å². The van der Waals surface area contributed by atoms with Gasteiger partial charge in [-0.1, -0.05) is 19.3 Å². The van der Waals surface area contributed by atoms with Gasteiger partial charge in [0, 0.05) is 29.7 Å². The van der Waals surface area contributed by atoms with Crippen molar-refractivity contribution in [1.29, 1.82) is 0 Å². The highest BCUT2D eigenvalue weighted by atomic mass is 32.2. The molecule has 2 aromatic heterocycles. The maximum atomic E-state index is 14.5. The minimum atomic E-state index is -5.36. The van der Waals surface area contributed by atoms with Gasteiger partial charge < -0.3 is 4.90 Å². The molecule has 0 radical (unpaired) electrons. The van der Waals surface area contributed by atoms with Crippen LogP contribution in [-0.4, -0.2) is 51.4 Å². The van der Waals surface area contributed by atoms with E-state index in [1.54, 1.807) is 6.20 Å². The fourth-order valence-corrected chi connectivity index (χ4v) is 7.52. The largest absolute Gasteiger partial charge is 0.305 e. The Kier molecular flexibility index (Phi) is 8.11. The number of amides is 1. The second kappa shape index (κ2) is 11.9. The first-order valence-electron chi connectivity index (χ1n) is 14.1. The van der Waals surface area contributed by atoms with E-state index < -0.39 is 68.1 Å². The average molecular weight is 649 g/mol. The number of benzene rings is 2. The highest BCUT2D eigenvalue weighted by Crippen LogP contribution is 2.35. The van der Waals surface area contributed by atoms with E-state index in [-0.39, 0.29) is 30.0 Å². The molecule has 1 aliphatic heterocycles. The molecule has 1 saturated heterocycles. The molecule has 236 valence electrons. The maximum absolute atomic E-state index is 14.5. The highest BCUT2D eigenvalue weighted by Gasteiger charge is 2.48. The van der Waals surface area contributed by atoms with Crippen LogP contribution in [0.15, 0.2) is 46.5 Å². The number of rotatable bonds is 7.